The lowest BCUT2D eigenvalue weighted by Crippen LogP contribution is -2.50. The van der Waals surface area contributed by atoms with E-state index in [1.54, 1.807) is 6.07 Å². The summed E-state index contributed by atoms with van der Waals surface area (Å²) in [6.45, 7) is -0.0918. The fourth-order valence-corrected chi connectivity index (χ4v) is 5.60. The standard InChI is InChI=1S/C17H18N2O4S2/c20-6-10-16(24-7-18-10)15(22)13-17(25-8-19-13)14(21)12-5-9-3-1-2-4-11(9)23-12/h1-5,10,13,16-20H,6-8H2/t10-,13-,16?,17?/m1/s1. The molecule has 2 unspecified atom stereocenters. The molecule has 2 fully saturated rings. The van der Waals surface area contributed by atoms with Gasteiger partial charge in [0.05, 0.1) is 23.1 Å². The van der Waals surface area contributed by atoms with Gasteiger partial charge in [-0.05, 0) is 12.1 Å². The van der Waals surface area contributed by atoms with Crippen molar-refractivity contribution in [3.05, 3.63) is 36.1 Å². The third-order valence-corrected chi connectivity index (χ3v) is 6.99. The van der Waals surface area contributed by atoms with Crippen LogP contribution in [0.3, 0.4) is 0 Å². The molecule has 2 aliphatic heterocycles. The van der Waals surface area contributed by atoms with Crippen molar-refractivity contribution in [1.82, 2.24) is 10.6 Å². The lowest BCUT2D eigenvalue weighted by molar-refractivity contribution is -0.120. The van der Waals surface area contributed by atoms with E-state index in [0.29, 0.717) is 17.3 Å². The van der Waals surface area contributed by atoms with Gasteiger partial charge >= 0.3 is 0 Å². The fourth-order valence-electron chi connectivity index (χ4n) is 3.24. The molecule has 0 saturated carbocycles. The largest absolute Gasteiger partial charge is 0.453 e. The second-order valence-corrected chi connectivity index (χ2v) is 8.31. The maximum Gasteiger partial charge on any atom is 0.213 e. The van der Waals surface area contributed by atoms with E-state index < -0.39 is 11.3 Å². The zero-order valence-electron chi connectivity index (χ0n) is 13.3. The Kier molecular flexibility index (Phi) is 4.88. The monoisotopic (exact) mass is 378 g/mol. The van der Waals surface area contributed by atoms with E-state index in [9.17, 15) is 14.7 Å². The first-order valence-corrected chi connectivity index (χ1v) is 10.2. The van der Waals surface area contributed by atoms with E-state index in [-0.39, 0.29) is 35.2 Å². The van der Waals surface area contributed by atoms with Crippen molar-refractivity contribution in [2.45, 2.75) is 22.6 Å². The Morgan fingerprint density at radius 3 is 2.72 bits per heavy atom. The maximum absolute atomic E-state index is 12.9. The van der Waals surface area contributed by atoms with Crippen molar-refractivity contribution in [2.75, 3.05) is 18.4 Å². The molecule has 2 aliphatic rings. The molecule has 132 valence electrons. The molecule has 1 aromatic heterocycles. The van der Waals surface area contributed by atoms with Gasteiger partial charge in [0.25, 0.3) is 0 Å². The Bertz CT molecular complexity index is 776. The van der Waals surface area contributed by atoms with Crippen molar-refractivity contribution in [2.24, 2.45) is 0 Å². The number of thioether (sulfide) groups is 2. The number of hydrogen-bond acceptors (Lipinski definition) is 8. The quantitative estimate of drug-likeness (QED) is 0.670. The summed E-state index contributed by atoms with van der Waals surface area (Å²) in [5.41, 5.74) is 0.667. The molecule has 0 radical (unpaired) electrons. The molecule has 4 atom stereocenters. The Morgan fingerprint density at radius 1 is 1.16 bits per heavy atom. The number of benzene rings is 1. The number of ketones is 2. The van der Waals surface area contributed by atoms with Crippen LogP contribution in [0.4, 0.5) is 0 Å². The van der Waals surface area contributed by atoms with E-state index in [1.165, 1.54) is 23.5 Å². The summed E-state index contributed by atoms with van der Waals surface area (Å²) in [5.74, 6) is 1.26. The topological polar surface area (TPSA) is 91.6 Å². The van der Waals surface area contributed by atoms with Gasteiger partial charge in [0.1, 0.15) is 5.58 Å². The van der Waals surface area contributed by atoms with Gasteiger partial charge in [0.15, 0.2) is 11.5 Å². The van der Waals surface area contributed by atoms with Crippen LogP contribution in [0, 0.1) is 0 Å². The Hall–Kier alpha value is -1.32. The van der Waals surface area contributed by atoms with Crippen molar-refractivity contribution < 1.29 is 19.1 Å². The number of carbonyl (C=O) groups is 2. The average molecular weight is 378 g/mol. The van der Waals surface area contributed by atoms with Crippen LogP contribution in [0.25, 0.3) is 11.0 Å². The summed E-state index contributed by atoms with van der Waals surface area (Å²) in [5, 5.41) is 15.7. The van der Waals surface area contributed by atoms with Gasteiger partial charge < -0.3 is 14.8 Å². The second-order valence-electron chi connectivity index (χ2n) is 6.05. The molecule has 2 aromatic rings. The van der Waals surface area contributed by atoms with Gasteiger partial charge in [-0.15, -0.1) is 23.5 Å². The van der Waals surface area contributed by atoms with Gasteiger partial charge in [-0.3, -0.25) is 14.9 Å². The van der Waals surface area contributed by atoms with Gasteiger partial charge in [0, 0.05) is 23.2 Å². The predicted octanol–water partition coefficient (Wildman–Crippen LogP) is 1.24. The summed E-state index contributed by atoms with van der Waals surface area (Å²) < 4.78 is 5.68. The molecule has 25 heavy (non-hydrogen) atoms. The van der Waals surface area contributed by atoms with E-state index in [4.69, 9.17) is 4.42 Å². The van der Waals surface area contributed by atoms with E-state index in [1.807, 2.05) is 24.3 Å². The van der Waals surface area contributed by atoms with Crippen LogP contribution in [0.15, 0.2) is 34.7 Å². The average Bonchev–Trinajstić information content (AvgIpc) is 3.38. The molecule has 8 heteroatoms. The first-order valence-electron chi connectivity index (χ1n) is 8.06. The van der Waals surface area contributed by atoms with Gasteiger partial charge in [0.2, 0.25) is 5.78 Å². The first kappa shape index (κ1) is 17.1. The molecular weight excluding hydrogens is 360 g/mol. The zero-order chi connectivity index (χ0) is 17.4. The number of Topliss-reactive ketones (excluding diaryl/α,β-unsaturated/α-hetero) is 2. The highest BCUT2D eigenvalue weighted by molar-refractivity contribution is 8.01. The van der Waals surface area contributed by atoms with Crippen LogP contribution >= 0.6 is 23.5 Å². The maximum atomic E-state index is 12.9. The van der Waals surface area contributed by atoms with Gasteiger partial charge in [-0.2, -0.15) is 0 Å². The molecule has 1 aromatic carbocycles. The highest BCUT2D eigenvalue weighted by Gasteiger charge is 2.45. The first-order chi connectivity index (χ1) is 12.2. The Labute approximate surface area is 153 Å². The minimum Gasteiger partial charge on any atom is -0.453 e. The van der Waals surface area contributed by atoms with Crippen LogP contribution in [-0.2, 0) is 4.79 Å². The van der Waals surface area contributed by atoms with Crippen molar-refractivity contribution >= 4 is 46.1 Å². The van der Waals surface area contributed by atoms with Crippen LogP contribution in [0.2, 0.25) is 0 Å². The van der Waals surface area contributed by atoms with Crippen molar-refractivity contribution in [3.8, 4) is 0 Å². The molecule has 0 bridgehead atoms. The van der Waals surface area contributed by atoms with E-state index in [2.05, 4.69) is 10.6 Å². The lowest BCUT2D eigenvalue weighted by Gasteiger charge is -2.21. The number of hydrogen-bond donors (Lipinski definition) is 3. The number of rotatable bonds is 5. The van der Waals surface area contributed by atoms with Crippen molar-refractivity contribution in [3.63, 3.8) is 0 Å². The van der Waals surface area contributed by atoms with Crippen LogP contribution < -0.4 is 10.6 Å². The number of carbonyl (C=O) groups excluding carboxylic acids is 2. The summed E-state index contributed by atoms with van der Waals surface area (Å²) >= 11 is 2.90. The summed E-state index contributed by atoms with van der Waals surface area (Å²) in [6, 6.07) is 8.39. The van der Waals surface area contributed by atoms with E-state index in [0.717, 1.165) is 5.39 Å². The van der Waals surface area contributed by atoms with Crippen molar-refractivity contribution in [1.29, 1.82) is 0 Å². The van der Waals surface area contributed by atoms with Gasteiger partial charge in [-0.1, -0.05) is 18.2 Å². The minimum absolute atomic E-state index is 0.0338. The Balaban J connectivity index is 1.56. The summed E-state index contributed by atoms with van der Waals surface area (Å²) in [6.07, 6.45) is 0. The highest BCUT2D eigenvalue weighted by atomic mass is 32.2. The lowest BCUT2D eigenvalue weighted by atomic mass is 9.98. The molecule has 3 N–H and O–H groups in total. The smallest absolute Gasteiger partial charge is 0.213 e. The number of para-hydroxylation sites is 1. The third kappa shape index (κ3) is 3.13. The summed E-state index contributed by atoms with van der Waals surface area (Å²) in [4.78, 5) is 25.8. The van der Waals surface area contributed by atoms with Crippen LogP contribution in [-0.4, -0.2) is 57.6 Å². The number of nitrogens with one attached hydrogen (secondary N) is 2. The number of aliphatic hydroxyl groups is 1. The normalized spacial score (nSPS) is 29.3. The molecule has 6 nitrogen and oxygen atoms in total. The molecule has 2 saturated heterocycles. The number of fused-ring (bicyclic) bond motifs is 1. The SMILES string of the molecule is O=C(c1cc2ccccc2o1)C1SCN[C@@H]1C(=O)C1SCN[C@@H]1CO. The molecule has 3 heterocycles. The molecular formula is C17H18N2O4S2. The number of aliphatic hydroxyl groups excluding tert-OH is 1. The van der Waals surface area contributed by atoms with Gasteiger partial charge in [-0.25, -0.2) is 0 Å². The highest BCUT2D eigenvalue weighted by Crippen LogP contribution is 2.32. The molecule has 0 amide bonds. The third-order valence-electron chi connectivity index (χ3n) is 4.55. The zero-order valence-corrected chi connectivity index (χ0v) is 14.9. The van der Waals surface area contributed by atoms with Crippen LogP contribution in [0.1, 0.15) is 10.6 Å². The second kappa shape index (κ2) is 7.13. The predicted molar refractivity (Wildman–Crippen MR) is 99.0 cm³/mol. The molecule has 0 spiro atoms. The Morgan fingerprint density at radius 2 is 1.92 bits per heavy atom. The fraction of sp³-hybridized carbons (Fsp3) is 0.412. The minimum atomic E-state index is -0.558. The number of furan rings is 1. The summed E-state index contributed by atoms with van der Waals surface area (Å²) in [7, 11) is 0. The molecule has 4 rings (SSSR count). The van der Waals surface area contributed by atoms with E-state index >= 15 is 0 Å². The molecule has 0 aliphatic carbocycles. The van der Waals surface area contributed by atoms with Crippen LogP contribution in [0.5, 0.6) is 0 Å².